The molecule has 0 bridgehead atoms. The Morgan fingerprint density at radius 1 is 1.20 bits per heavy atom. The highest BCUT2D eigenvalue weighted by molar-refractivity contribution is 6.29. The molecule has 0 aliphatic rings. The number of amides is 2. The summed E-state index contributed by atoms with van der Waals surface area (Å²) in [6, 6.07) is 8.32. The maximum atomic E-state index is 12.3. The molecule has 0 saturated heterocycles. The maximum absolute atomic E-state index is 12.3. The van der Waals surface area contributed by atoms with E-state index in [-0.39, 0.29) is 6.42 Å². The summed E-state index contributed by atoms with van der Waals surface area (Å²) in [5.41, 5.74) is 6.37. The highest BCUT2D eigenvalue weighted by Gasteiger charge is 2.19. The molecule has 0 aliphatic carbocycles. The average Bonchev–Trinajstić information content (AvgIpc) is 2.56. The molecule has 7 nitrogen and oxygen atoms in total. The minimum Gasteiger partial charge on any atom is -0.427 e. The number of primary amides is 1. The number of rotatable bonds is 6. The summed E-state index contributed by atoms with van der Waals surface area (Å²) in [6.07, 6.45) is 1.70. The second-order valence-electron chi connectivity index (χ2n) is 5.24. The summed E-state index contributed by atoms with van der Waals surface area (Å²) in [6.45, 7) is 1.28. The van der Waals surface area contributed by atoms with Crippen LogP contribution in [-0.4, -0.2) is 28.8 Å². The Hall–Kier alpha value is -2.93. The molecule has 0 aliphatic heterocycles. The number of carbonyl (C=O) groups is 3. The number of nitrogens with one attached hydrogen (secondary N) is 1. The number of benzene rings is 1. The standard InChI is InChI=1S/C17H16ClN3O4/c1-10(22)25-13-5-3-12(4-6-13)17(24)21-14(16(19)23)8-11-2-7-15(18)20-9-11/h2-7,9,14H,8H2,1H3,(H2,19,23)(H,21,24)/t14-/m0/s1. The van der Waals surface area contributed by atoms with E-state index in [1.165, 1.54) is 37.4 Å². The lowest BCUT2D eigenvalue weighted by Gasteiger charge is -2.15. The molecule has 1 atom stereocenters. The molecule has 25 heavy (non-hydrogen) atoms. The van der Waals surface area contributed by atoms with Gasteiger partial charge < -0.3 is 15.8 Å². The zero-order chi connectivity index (χ0) is 18.4. The van der Waals surface area contributed by atoms with Crippen molar-refractivity contribution < 1.29 is 19.1 Å². The van der Waals surface area contributed by atoms with Crippen molar-refractivity contribution in [1.29, 1.82) is 0 Å². The number of nitrogens with two attached hydrogens (primary N) is 1. The van der Waals surface area contributed by atoms with Gasteiger partial charge in [0, 0.05) is 25.1 Å². The van der Waals surface area contributed by atoms with E-state index in [0.717, 1.165) is 0 Å². The van der Waals surface area contributed by atoms with Crippen LogP contribution in [-0.2, 0) is 16.0 Å². The van der Waals surface area contributed by atoms with Crippen LogP contribution < -0.4 is 15.8 Å². The Labute approximate surface area is 149 Å². The quantitative estimate of drug-likeness (QED) is 0.460. The molecule has 130 valence electrons. The van der Waals surface area contributed by atoms with E-state index in [2.05, 4.69) is 10.3 Å². The highest BCUT2D eigenvalue weighted by atomic mass is 35.5. The zero-order valence-electron chi connectivity index (χ0n) is 13.4. The first-order valence-corrected chi connectivity index (χ1v) is 7.72. The van der Waals surface area contributed by atoms with E-state index in [1.54, 1.807) is 12.1 Å². The van der Waals surface area contributed by atoms with Gasteiger partial charge in [-0.25, -0.2) is 4.98 Å². The SMILES string of the molecule is CC(=O)Oc1ccc(C(=O)N[C@@H](Cc2ccc(Cl)nc2)C(N)=O)cc1. The van der Waals surface area contributed by atoms with Gasteiger partial charge in [-0.3, -0.25) is 14.4 Å². The van der Waals surface area contributed by atoms with Gasteiger partial charge in [-0.1, -0.05) is 17.7 Å². The van der Waals surface area contributed by atoms with Crippen molar-refractivity contribution in [2.24, 2.45) is 5.73 Å². The summed E-state index contributed by atoms with van der Waals surface area (Å²) < 4.78 is 4.89. The molecule has 0 spiro atoms. The molecular formula is C17H16ClN3O4. The molecule has 1 heterocycles. The van der Waals surface area contributed by atoms with Crippen LogP contribution in [0.15, 0.2) is 42.6 Å². The van der Waals surface area contributed by atoms with Gasteiger partial charge >= 0.3 is 5.97 Å². The number of esters is 1. The minimum atomic E-state index is -0.899. The largest absolute Gasteiger partial charge is 0.427 e. The molecule has 8 heteroatoms. The van der Waals surface area contributed by atoms with E-state index < -0.39 is 23.8 Å². The molecule has 2 amide bonds. The third-order valence-electron chi connectivity index (χ3n) is 3.26. The van der Waals surface area contributed by atoms with Gasteiger partial charge in [0.05, 0.1) is 0 Å². The summed E-state index contributed by atoms with van der Waals surface area (Å²) in [7, 11) is 0. The number of carbonyl (C=O) groups excluding carboxylic acids is 3. The number of hydrogen-bond donors (Lipinski definition) is 2. The van der Waals surface area contributed by atoms with Crippen LogP contribution >= 0.6 is 11.6 Å². The number of ether oxygens (including phenoxy) is 1. The molecule has 3 N–H and O–H groups in total. The Morgan fingerprint density at radius 2 is 1.88 bits per heavy atom. The first-order valence-electron chi connectivity index (χ1n) is 7.34. The van der Waals surface area contributed by atoms with Crippen molar-refractivity contribution in [3.05, 3.63) is 58.9 Å². The monoisotopic (exact) mass is 361 g/mol. The number of nitrogens with zero attached hydrogens (tertiary/aromatic N) is 1. The topological polar surface area (TPSA) is 111 Å². The predicted octanol–water partition coefficient (Wildman–Crippen LogP) is 1.49. The normalized spacial score (nSPS) is 11.4. The first kappa shape index (κ1) is 18.4. The Bertz CT molecular complexity index is 775. The smallest absolute Gasteiger partial charge is 0.308 e. The van der Waals surface area contributed by atoms with Crippen LogP contribution in [0, 0.1) is 0 Å². The van der Waals surface area contributed by atoms with E-state index >= 15 is 0 Å². The number of pyridine rings is 1. The second-order valence-corrected chi connectivity index (χ2v) is 5.63. The Morgan fingerprint density at radius 3 is 2.40 bits per heavy atom. The fourth-order valence-corrected chi connectivity index (χ4v) is 2.18. The Balaban J connectivity index is 2.05. The van der Waals surface area contributed by atoms with Gasteiger partial charge in [0.15, 0.2) is 0 Å². The molecule has 2 aromatic rings. The molecule has 1 aromatic carbocycles. The van der Waals surface area contributed by atoms with E-state index in [4.69, 9.17) is 22.1 Å². The average molecular weight is 362 g/mol. The molecule has 0 saturated carbocycles. The first-order chi connectivity index (χ1) is 11.8. The third kappa shape index (κ3) is 5.58. The van der Waals surface area contributed by atoms with Gasteiger partial charge in [-0.05, 0) is 35.9 Å². The molecular weight excluding hydrogens is 346 g/mol. The van der Waals surface area contributed by atoms with Crippen molar-refractivity contribution in [1.82, 2.24) is 10.3 Å². The summed E-state index contributed by atoms with van der Waals surface area (Å²) >= 11 is 5.72. The van der Waals surface area contributed by atoms with Crippen molar-refractivity contribution in [3.8, 4) is 5.75 Å². The zero-order valence-corrected chi connectivity index (χ0v) is 14.1. The van der Waals surface area contributed by atoms with Crippen molar-refractivity contribution in [3.63, 3.8) is 0 Å². The van der Waals surface area contributed by atoms with E-state index in [1.807, 2.05) is 0 Å². The van der Waals surface area contributed by atoms with Crippen molar-refractivity contribution in [2.45, 2.75) is 19.4 Å². The third-order valence-corrected chi connectivity index (χ3v) is 3.48. The van der Waals surface area contributed by atoms with Crippen LogP contribution in [0.2, 0.25) is 5.15 Å². The summed E-state index contributed by atoms with van der Waals surface area (Å²) in [4.78, 5) is 38.7. The van der Waals surface area contributed by atoms with Gasteiger partial charge in [-0.2, -0.15) is 0 Å². The molecule has 0 unspecified atom stereocenters. The summed E-state index contributed by atoms with van der Waals surface area (Å²) in [5.74, 6) is -1.27. The Kier molecular flexibility index (Phi) is 6.08. The molecule has 2 rings (SSSR count). The van der Waals surface area contributed by atoms with E-state index in [0.29, 0.717) is 22.0 Å². The van der Waals surface area contributed by atoms with Crippen LogP contribution in [0.3, 0.4) is 0 Å². The minimum absolute atomic E-state index is 0.191. The lowest BCUT2D eigenvalue weighted by Crippen LogP contribution is -2.45. The van der Waals surface area contributed by atoms with Gasteiger partial charge in [0.25, 0.3) is 5.91 Å². The number of aromatic nitrogens is 1. The molecule has 1 aromatic heterocycles. The van der Waals surface area contributed by atoms with Crippen LogP contribution in [0.5, 0.6) is 5.75 Å². The van der Waals surface area contributed by atoms with Gasteiger partial charge in [0.2, 0.25) is 5.91 Å². The highest BCUT2D eigenvalue weighted by Crippen LogP contribution is 2.13. The van der Waals surface area contributed by atoms with Crippen molar-refractivity contribution >= 4 is 29.4 Å². The fraction of sp³-hybridized carbons (Fsp3) is 0.176. The van der Waals surface area contributed by atoms with Crippen LogP contribution in [0.25, 0.3) is 0 Å². The van der Waals surface area contributed by atoms with Crippen molar-refractivity contribution in [2.75, 3.05) is 0 Å². The lowest BCUT2D eigenvalue weighted by atomic mass is 10.1. The van der Waals surface area contributed by atoms with Gasteiger partial charge in [0.1, 0.15) is 16.9 Å². The fourth-order valence-electron chi connectivity index (χ4n) is 2.07. The molecule has 0 radical (unpaired) electrons. The number of hydrogen-bond acceptors (Lipinski definition) is 5. The van der Waals surface area contributed by atoms with Gasteiger partial charge in [-0.15, -0.1) is 0 Å². The summed E-state index contributed by atoms with van der Waals surface area (Å²) in [5, 5.41) is 2.90. The maximum Gasteiger partial charge on any atom is 0.308 e. The second kappa shape index (κ2) is 8.25. The van der Waals surface area contributed by atoms with Crippen LogP contribution in [0.1, 0.15) is 22.8 Å². The predicted molar refractivity (Wildman–Crippen MR) is 91.2 cm³/mol. The molecule has 0 fully saturated rings. The van der Waals surface area contributed by atoms with Crippen LogP contribution in [0.4, 0.5) is 0 Å². The van der Waals surface area contributed by atoms with E-state index in [9.17, 15) is 14.4 Å². The number of halogens is 1. The lowest BCUT2D eigenvalue weighted by molar-refractivity contribution is -0.131.